The van der Waals surface area contributed by atoms with Crippen molar-refractivity contribution in [1.82, 2.24) is 0 Å². The monoisotopic (exact) mass is 267 g/mol. The van der Waals surface area contributed by atoms with Crippen LogP contribution in [0.15, 0.2) is 60.9 Å². The second kappa shape index (κ2) is 6.06. The van der Waals surface area contributed by atoms with Crippen LogP contribution in [0.1, 0.15) is 12.5 Å². The number of amides is 1. The standard InChI is InChI=1S/C17H17NO2/c1-12(2)20-17(19)18-16-10-9-13(3)11-15(16)14-7-5-4-6-8-14/h4-11H,1H2,2-3H3,(H,18,19). The van der Waals surface area contributed by atoms with Crippen LogP contribution in [0.4, 0.5) is 10.5 Å². The molecule has 0 aliphatic heterocycles. The van der Waals surface area contributed by atoms with Gasteiger partial charge in [-0.05, 0) is 31.5 Å². The first-order valence-electron chi connectivity index (χ1n) is 6.36. The van der Waals surface area contributed by atoms with Crippen molar-refractivity contribution in [2.75, 3.05) is 5.32 Å². The summed E-state index contributed by atoms with van der Waals surface area (Å²) in [5.41, 5.74) is 3.85. The smallest absolute Gasteiger partial charge is 0.416 e. The van der Waals surface area contributed by atoms with E-state index in [1.54, 1.807) is 6.92 Å². The van der Waals surface area contributed by atoms with Crippen LogP contribution in [-0.4, -0.2) is 6.09 Å². The molecule has 0 atom stereocenters. The van der Waals surface area contributed by atoms with Crippen molar-refractivity contribution in [2.45, 2.75) is 13.8 Å². The van der Waals surface area contributed by atoms with Gasteiger partial charge in [0.05, 0.1) is 11.4 Å². The van der Waals surface area contributed by atoms with Crippen molar-refractivity contribution in [3.8, 4) is 11.1 Å². The first-order chi connectivity index (χ1) is 9.56. The average Bonchev–Trinajstić information content (AvgIpc) is 2.41. The molecule has 0 unspecified atom stereocenters. The van der Waals surface area contributed by atoms with Crippen molar-refractivity contribution in [3.05, 3.63) is 66.4 Å². The lowest BCUT2D eigenvalue weighted by molar-refractivity contribution is 0.192. The largest absolute Gasteiger partial charge is 0.416 e. The predicted molar refractivity (Wildman–Crippen MR) is 81.5 cm³/mol. The predicted octanol–water partition coefficient (Wildman–Crippen LogP) is 4.74. The molecule has 2 aromatic rings. The number of allylic oxidation sites excluding steroid dienone is 1. The Hall–Kier alpha value is -2.55. The molecule has 3 heteroatoms. The zero-order valence-corrected chi connectivity index (χ0v) is 11.6. The lowest BCUT2D eigenvalue weighted by Gasteiger charge is -2.12. The third-order valence-corrected chi connectivity index (χ3v) is 2.76. The Morgan fingerprint density at radius 1 is 1.15 bits per heavy atom. The molecule has 20 heavy (non-hydrogen) atoms. The van der Waals surface area contributed by atoms with Crippen molar-refractivity contribution in [1.29, 1.82) is 0 Å². The minimum absolute atomic E-state index is 0.357. The van der Waals surface area contributed by atoms with Gasteiger partial charge in [0.15, 0.2) is 0 Å². The first-order valence-corrected chi connectivity index (χ1v) is 6.36. The molecule has 0 bridgehead atoms. The molecule has 2 rings (SSSR count). The van der Waals surface area contributed by atoms with Crippen LogP contribution in [0, 0.1) is 6.92 Å². The van der Waals surface area contributed by atoms with E-state index in [2.05, 4.69) is 11.9 Å². The van der Waals surface area contributed by atoms with Gasteiger partial charge in [0.1, 0.15) is 0 Å². The van der Waals surface area contributed by atoms with Gasteiger partial charge in [-0.15, -0.1) is 0 Å². The number of carbonyl (C=O) groups is 1. The molecule has 0 aliphatic rings. The molecular weight excluding hydrogens is 250 g/mol. The molecule has 0 aliphatic carbocycles. The number of hydrogen-bond donors (Lipinski definition) is 1. The van der Waals surface area contributed by atoms with Crippen molar-refractivity contribution >= 4 is 11.8 Å². The molecule has 1 N–H and O–H groups in total. The minimum Gasteiger partial charge on any atom is -0.416 e. The molecule has 102 valence electrons. The summed E-state index contributed by atoms with van der Waals surface area (Å²) in [6, 6.07) is 15.8. The second-order valence-electron chi connectivity index (χ2n) is 4.63. The van der Waals surface area contributed by atoms with Gasteiger partial charge in [-0.1, -0.05) is 48.5 Å². The number of anilines is 1. The van der Waals surface area contributed by atoms with Gasteiger partial charge in [-0.3, -0.25) is 5.32 Å². The van der Waals surface area contributed by atoms with Crippen molar-refractivity contribution in [3.63, 3.8) is 0 Å². The number of aryl methyl sites for hydroxylation is 1. The number of carbonyl (C=O) groups excluding carboxylic acids is 1. The second-order valence-corrected chi connectivity index (χ2v) is 4.63. The Balaban J connectivity index is 2.34. The van der Waals surface area contributed by atoms with E-state index in [9.17, 15) is 4.79 Å². The van der Waals surface area contributed by atoms with Crippen molar-refractivity contribution in [2.24, 2.45) is 0 Å². The summed E-state index contributed by atoms with van der Waals surface area (Å²) in [4.78, 5) is 11.7. The summed E-state index contributed by atoms with van der Waals surface area (Å²) < 4.78 is 4.93. The molecule has 3 nitrogen and oxygen atoms in total. The lowest BCUT2D eigenvalue weighted by atomic mass is 10.0. The molecule has 0 radical (unpaired) electrons. The van der Waals surface area contributed by atoms with Crippen LogP contribution in [0.3, 0.4) is 0 Å². The maximum atomic E-state index is 11.7. The van der Waals surface area contributed by atoms with E-state index in [1.165, 1.54) is 0 Å². The third kappa shape index (κ3) is 3.48. The van der Waals surface area contributed by atoms with E-state index in [0.717, 1.165) is 16.7 Å². The summed E-state index contributed by atoms with van der Waals surface area (Å²) in [6.07, 6.45) is -0.529. The van der Waals surface area contributed by atoms with Gasteiger partial charge in [-0.2, -0.15) is 0 Å². The zero-order valence-electron chi connectivity index (χ0n) is 11.6. The maximum absolute atomic E-state index is 11.7. The van der Waals surface area contributed by atoms with Crippen LogP contribution in [0.5, 0.6) is 0 Å². The first kappa shape index (κ1) is 13.9. The zero-order chi connectivity index (χ0) is 14.5. The van der Waals surface area contributed by atoms with Crippen LogP contribution in [0.25, 0.3) is 11.1 Å². The van der Waals surface area contributed by atoms with E-state index in [1.807, 2.05) is 55.5 Å². The SMILES string of the molecule is C=C(C)OC(=O)Nc1ccc(C)cc1-c1ccccc1. The van der Waals surface area contributed by atoms with Crippen molar-refractivity contribution < 1.29 is 9.53 Å². The fourth-order valence-electron chi connectivity index (χ4n) is 1.92. The number of nitrogens with one attached hydrogen (secondary N) is 1. The molecule has 0 spiro atoms. The summed E-state index contributed by atoms with van der Waals surface area (Å²) >= 11 is 0. The Morgan fingerprint density at radius 3 is 2.50 bits per heavy atom. The van der Waals surface area contributed by atoms with Gasteiger partial charge in [0.25, 0.3) is 0 Å². The molecular formula is C17H17NO2. The normalized spacial score (nSPS) is 9.90. The highest BCUT2D eigenvalue weighted by Crippen LogP contribution is 2.29. The quantitative estimate of drug-likeness (QED) is 0.815. The molecule has 0 saturated heterocycles. The fraction of sp³-hybridized carbons (Fsp3) is 0.118. The van der Waals surface area contributed by atoms with E-state index in [4.69, 9.17) is 4.74 Å². The molecule has 0 fully saturated rings. The summed E-state index contributed by atoms with van der Waals surface area (Å²) in [6.45, 7) is 7.20. The summed E-state index contributed by atoms with van der Waals surface area (Å²) in [7, 11) is 0. The topological polar surface area (TPSA) is 38.3 Å². The molecule has 0 aromatic heterocycles. The molecule has 0 saturated carbocycles. The number of rotatable bonds is 3. The number of hydrogen-bond acceptors (Lipinski definition) is 2. The van der Waals surface area contributed by atoms with Crippen LogP contribution in [0.2, 0.25) is 0 Å². The van der Waals surface area contributed by atoms with Crippen LogP contribution in [-0.2, 0) is 4.74 Å². The van der Waals surface area contributed by atoms with Gasteiger partial charge in [0.2, 0.25) is 0 Å². The Morgan fingerprint density at radius 2 is 1.85 bits per heavy atom. The molecule has 2 aromatic carbocycles. The highest BCUT2D eigenvalue weighted by Gasteiger charge is 2.09. The lowest BCUT2D eigenvalue weighted by Crippen LogP contribution is -2.13. The summed E-state index contributed by atoms with van der Waals surface area (Å²) in [5, 5.41) is 2.75. The highest BCUT2D eigenvalue weighted by molar-refractivity contribution is 5.92. The average molecular weight is 267 g/mol. The van der Waals surface area contributed by atoms with Crippen LogP contribution < -0.4 is 5.32 Å². The van der Waals surface area contributed by atoms with E-state index in [-0.39, 0.29) is 0 Å². The maximum Gasteiger partial charge on any atom is 0.416 e. The summed E-state index contributed by atoms with van der Waals surface area (Å²) in [5.74, 6) is 0.357. The van der Waals surface area contributed by atoms with Gasteiger partial charge in [-0.25, -0.2) is 4.79 Å². The van der Waals surface area contributed by atoms with E-state index < -0.39 is 6.09 Å². The third-order valence-electron chi connectivity index (χ3n) is 2.76. The highest BCUT2D eigenvalue weighted by atomic mass is 16.6. The van der Waals surface area contributed by atoms with Crippen LogP contribution >= 0.6 is 0 Å². The minimum atomic E-state index is -0.529. The van der Waals surface area contributed by atoms with Gasteiger partial charge in [0, 0.05) is 5.56 Å². The Kier molecular flexibility index (Phi) is 4.20. The van der Waals surface area contributed by atoms with Gasteiger partial charge >= 0.3 is 6.09 Å². The number of benzene rings is 2. The Bertz CT molecular complexity index is 633. The van der Waals surface area contributed by atoms with E-state index in [0.29, 0.717) is 11.4 Å². The fourth-order valence-corrected chi connectivity index (χ4v) is 1.92. The number of ether oxygens (including phenoxy) is 1. The molecule has 0 heterocycles. The van der Waals surface area contributed by atoms with E-state index >= 15 is 0 Å². The Labute approximate surface area is 118 Å². The molecule has 1 amide bonds. The van der Waals surface area contributed by atoms with Gasteiger partial charge < -0.3 is 4.74 Å².